The molecule has 0 N–H and O–H groups in total. The fraction of sp³-hybridized carbons (Fsp3) is 0.650. The van der Waals surface area contributed by atoms with Gasteiger partial charge in [-0.3, -0.25) is 4.90 Å². The summed E-state index contributed by atoms with van der Waals surface area (Å²) >= 11 is 0. The first-order valence-corrected chi connectivity index (χ1v) is 8.98. The Labute approximate surface area is 139 Å². The Morgan fingerprint density at radius 1 is 1.39 bits per heavy atom. The number of carbonyl (C=O) groups is 1. The minimum Gasteiger partial charge on any atom is -0.465 e. The van der Waals surface area contributed by atoms with Gasteiger partial charge in [0.2, 0.25) is 0 Å². The molecule has 0 spiro atoms. The van der Waals surface area contributed by atoms with Crippen LogP contribution >= 0.6 is 0 Å². The zero-order valence-electron chi connectivity index (χ0n) is 14.5. The van der Waals surface area contributed by atoms with Crippen LogP contribution in [0, 0.1) is 11.8 Å². The molecule has 23 heavy (non-hydrogen) atoms. The van der Waals surface area contributed by atoms with E-state index in [9.17, 15) is 4.79 Å². The zero-order chi connectivity index (χ0) is 16.2. The molecule has 2 fully saturated rings. The van der Waals surface area contributed by atoms with Crippen LogP contribution < -0.4 is 0 Å². The molecule has 3 aliphatic rings. The Balaban J connectivity index is 1.70. The summed E-state index contributed by atoms with van der Waals surface area (Å²) in [6.07, 6.45) is 5.16. The first-order chi connectivity index (χ1) is 11.0. The van der Waals surface area contributed by atoms with E-state index in [0.717, 1.165) is 12.3 Å². The molecule has 3 atom stereocenters. The van der Waals surface area contributed by atoms with E-state index in [2.05, 4.69) is 30.9 Å². The molecule has 1 aromatic carbocycles. The van der Waals surface area contributed by atoms with Crippen LogP contribution in [0.5, 0.6) is 0 Å². The summed E-state index contributed by atoms with van der Waals surface area (Å²) in [5.41, 5.74) is 3.69. The number of benzene rings is 1. The Kier molecular flexibility index (Phi) is 3.53. The molecular formula is C20H27NO2. The first-order valence-electron chi connectivity index (χ1n) is 8.98. The van der Waals surface area contributed by atoms with Crippen LogP contribution in [0.15, 0.2) is 18.2 Å². The van der Waals surface area contributed by atoms with E-state index >= 15 is 0 Å². The Bertz CT molecular complexity index is 637. The second-order valence-electron chi connectivity index (χ2n) is 8.03. The van der Waals surface area contributed by atoms with Gasteiger partial charge in [-0.05, 0) is 72.7 Å². The van der Waals surface area contributed by atoms with Crippen LogP contribution in [0.1, 0.15) is 54.6 Å². The average molecular weight is 313 g/mol. The van der Waals surface area contributed by atoms with Crippen LogP contribution in [0.4, 0.5) is 0 Å². The lowest BCUT2D eigenvalue weighted by Crippen LogP contribution is -2.58. The Morgan fingerprint density at radius 3 is 2.87 bits per heavy atom. The van der Waals surface area contributed by atoms with E-state index < -0.39 is 0 Å². The van der Waals surface area contributed by atoms with Crippen molar-refractivity contribution < 1.29 is 9.53 Å². The van der Waals surface area contributed by atoms with Crippen molar-refractivity contribution in [2.75, 3.05) is 20.2 Å². The largest absolute Gasteiger partial charge is 0.465 e. The summed E-state index contributed by atoms with van der Waals surface area (Å²) in [6, 6.07) is 6.86. The molecule has 1 heterocycles. The van der Waals surface area contributed by atoms with Crippen LogP contribution in [-0.4, -0.2) is 37.1 Å². The van der Waals surface area contributed by atoms with E-state index in [1.165, 1.54) is 50.6 Å². The van der Waals surface area contributed by atoms with Crippen LogP contribution in [-0.2, 0) is 16.6 Å². The average Bonchev–Trinajstić information content (AvgIpc) is 3.36. The van der Waals surface area contributed by atoms with E-state index in [-0.39, 0.29) is 11.4 Å². The van der Waals surface area contributed by atoms with Gasteiger partial charge in [-0.25, -0.2) is 4.79 Å². The molecule has 1 unspecified atom stereocenters. The van der Waals surface area contributed by atoms with Gasteiger partial charge in [-0.2, -0.15) is 0 Å². The fourth-order valence-corrected chi connectivity index (χ4v) is 4.81. The van der Waals surface area contributed by atoms with Crippen molar-refractivity contribution in [1.29, 1.82) is 0 Å². The number of piperidine rings is 1. The molecule has 2 aliphatic carbocycles. The van der Waals surface area contributed by atoms with Crippen molar-refractivity contribution in [3.63, 3.8) is 0 Å². The third-order valence-corrected chi connectivity index (χ3v) is 6.73. The molecule has 1 saturated heterocycles. The van der Waals surface area contributed by atoms with Crippen molar-refractivity contribution in [3.8, 4) is 0 Å². The van der Waals surface area contributed by atoms with Crippen molar-refractivity contribution in [3.05, 3.63) is 34.9 Å². The van der Waals surface area contributed by atoms with Gasteiger partial charge in [0.05, 0.1) is 12.7 Å². The van der Waals surface area contributed by atoms with Gasteiger partial charge in [0.15, 0.2) is 0 Å². The number of rotatable bonds is 3. The topological polar surface area (TPSA) is 29.5 Å². The van der Waals surface area contributed by atoms with E-state index in [4.69, 9.17) is 4.74 Å². The van der Waals surface area contributed by atoms with Gasteiger partial charge >= 0.3 is 5.97 Å². The Hall–Kier alpha value is -1.35. The van der Waals surface area contributed by atoms with Crippen molar-refractivity contribution in [2.24, 2.45) is 11.8 Å². The summed E-state index contributed by atoms with van der Waals surface area (Å²) in [6.45, 7) is 7.31. The minimum absolute atomic E-state index is 0.183. The normalized spacial score (nSPS) is 33.2. The van der Waals surface area contributed by atoms with Gasteiger partial charge in [0.1, 0.15) is 0 Å². The van der Waals surface area contributed by atoms with Crippen molar-refractivity contribution >= 4 is 5.97 Å². The molecule has 3 heteroatoms. The lowest BCUT2D eigenvalue weighted by atomic mass is 9.59. The molecule has 0 aromatic heterocycles. The van der Waals surface area contributed by atoms with E-state index in [0.29, 0.717) is 17.5 Å². The van der Waals surface area contributed by atoms with Crippen molar-refractivity contribution in [2.45, 2.75) is 51.0 Å². The molecule has 0 amide bonds. The molecule has 1 aromatic rings. The third kappa shape index (κ3) is 2.40. The molecule has 0 radical (unpaired) electrons. The number of nitrogens with zero attached hydrogens (tertiary/aromatic N) is 1. The molecule has 1 aliphatic heterocycles. The van der Waals surface area contributed by atoms with Crippen molar-refractivity contribution in [1.82, 2.24) is 4.90 Å². The van der Waals surface area contributed by atoms with Crippen LogP contribution in [0.25, 0.3) is 0 Å². The summed E-state index contributed by atoms with van der Waals surface area (Å²) in [7, 11) is 1.46. The molecular weight excluding hydrogens is 286 g/mol. The summed E-state index contributed by atoms with van der Waals surface area (Å²) in [5.74, 6) is 1.36. The fourth-order valence-electron chi connectivity index (χ4n) is 4.81. The smallest absolute Gasteiger partial charge is 0.337 e. The number of carbonyl (C=O) groups excluding carboxylic acids is 1. The lowest BCUT2D eigenvalue weighted by Gasteiger charge is -2.55. The molecule has 124 valence electrons. The third-order valence-electron chi connectivity index (χ3n) is 6.73. The number of ether oxygens (including phenoxy) is 1. The molecule has 4 rings (SSSR count). The minimum atomic E-state index is -0.225. The highest BCUT2D eigenvalue weighted by atomic mass is 16.5. The second kappa shape index (κ2) is 5.34. The number of esters is 1. The maximum Gasteiger partial charge on any atom is 0.337 e. The monoisotopic (exact) mass is 313 g/mol. The van der Waals surface area contributed by atoms with E-state index in [1.807, 2.05) is 6.07 Å². The standard InChI is InChI=1S/C20H27NO2/c1-13-18-11-15-6-7-16(19(22)23-3)10-17(15)20(13,2)8-9-21(18)12-14-4-5-14/h6-7,10,13-14,18H,4-5,8-9,11-12H2,1-3H3/t13-,18?,20-/m0/s1. The zero-order valence-corrected chi connectivity index (χ0v) is 14.5. The maximum atomic E-state index is 11.9. The Morgan fingerprint density at radius 2 is 2.17 bits per heavy atom. The second-order valence-corrected chi connectivity index (χ2v) is 8.03. The van der Waals surface area contributed by atoms with Crippen LogP contribution in [0.3, 0.4) is 0 Å². The maximum absolute atomic E-state index is 11.9. The quantitative estimate of drug-likeness (QED) is 0.801. The number of fused-ring (bicyclic) bond motifs is 4. The van der Waals surface area contributed by atoms with Gasteiger partial charge in [-0.1, -0.05) is 19.9 Å². The van der Waals surface area contributed by atoms with Gasteiger partial charge in [0.25, 0.3) is 0 Å². The predicted molar refractivity (Wildman–Crippen MR) is 90.7 cm³/mol. The van der Waals surface area contributed by atoms with Gasteiger partial charge in [-0.15, -0.1) is 0 Å². The highest BCUT2D eigenvalue weighted by Gasteiger charge is 2.49. The summed E-state index contributed by atoms with van der Waals surface area (Å²) in [5, 5.41) is 0. The van der Waals surface area contributed by atoms with Gasteiger partial charge < -0.3 is 4.74 Å². The number of hydrogen-bond donors (Lipinski definition) is 0. The molecule has 3 nitrogen and oxygen atoms in total. The number of likely N-dealkylation sites (tertiary alicyclic amines) is 1. The SMILES string of the molecule is COC(=O)c1ccc2c(c1)[C@@]1(C)CCN(CC3CC3)C(C2)[C@@H]1C. The summed E-state index contributed by atoms with van der Waals surface area (Å²) in [4.78, 5) is 14.7. The summed E-state index contributed by atoms with van der Waals surface area (Å²) < 4.78 is 4.91. The van der Waals surface area contributed by atoms with Crippen LogP contribution in [0.2, 0.25) is 0 Å². The van der Waals surface area contributed by atoms with Gasteiger partial charge in [0, 0.05) is 12.6 Å². The highest BCUT2D eigenvalue weighted by Crippen LogP contribution is 2.49. The number of hydrogen-bond acceptors (Lipinski definition) is 3. The molecule has 2 bridgehead atoms. The lowest BCUT2D eigenvalue weighted by molar-refractivity contribution is 0.0283. The van der Waals surface area contributed by atoms with E-state index in [1.54, 1.807) is 0 Å². The highest BCUT2D eigenvalue weighted by molar-refractivity contribution is 5.89. The number of methoxy groups -OCH3 is 1. The molecule has 1 saturated carbocycles. The first kappa shape index (κ1) is 15.2. The predicted octanol–water partition coefficient (Wildman–Crippen LogP) is 3.41.